The monoisotopic (exact) mass is 411 g/mol. The second kappa shape index (κ2) is 8.02. The van der Waals surface area contributed by atoms with Gasteiger partial charge in [-0.1, -0.05) is 35.1 Å². The Bertz CT molecular complexity index is 973. The number of halogens is 2. The molecule has 0 radical (unpaired) electrons. The highest BCUT2D eigenvalue weighted by atomic mass is 35.5. The van der Waals surface area contributed by atoms with Gasteiger partial charge in [0.15, 0.2) is 0 Å². The summed E-state index contributed by atoms with van der Waals surface area (Å²) in [5.41, 5.74) is 1.78. The molecular weight excluding hydrogens is 393 g/mol. The van der Waals surface area contributed by atoms with Crippen LogP contribution in [0.5, 0.6) is 0 Å². The number of aromatic nitrogens is 3. The first-order valence-electron chi connectivity index (χ1n) is 8.17. The van der Waals surface area contributed by atoms with Gasteiger partial charge in [-0.25, -0.2) is 4.98 Å². The molecule has 1 aliphatic heterocycles. The fourth-order valence-electron chi connectivity index (χ4n) is 3.18. The average molecular weight is 412 g/mol. The molecule has 1 saturated heterocycles. The summed E-state index contributed by atoms with van der Waals surface area (Å²) < 4.78 is 1.39. The number of hydrogen-bond acceptors (Lipinski definition) is 6. The predicted octanol–water partition coefficient (Wildman–Crippen LogP) is 2.68. The van der Waals surface area contributed by atoms with Crippen LogP contribution in [0.2, 0.25) is 5.02 Å². The number of nitrogens with zero attached hydrogens (tertiary/aromatic N) is 4. The van der Waals surface area contributed by atoms with Crippen molar-refractivity contribution in [2.45, 2.75) is 19.5 Å². The number of aryl methyl sites for hydroxylation is 1. The van der Waals surface area contributed by atoms with Gasteiger partial charge in [-0.15, -0.1) is 12.4 Å². The molecule has 0 spiro atoms. The van der Waals surface area contributed by atoms with E-state index in [1.165, 1.54) is 27.5 Å². The van der Waals surface area contributed by atoms with Gasteiger partial charge < -0.3 is 5.32 Å². The van der Waals surface area contributed by atoms with Gasteiger partial charge in [0.05, 0.1) is 6.54 Å². The lowest BCUT2D eigenvalue weighted by atomic mass is 10.0. The highest BCUT2D eigenvalue weighted by Gasteiger charge is 2.25. The average Bonchev–Trinajstić information content (AvgIpc) is 2.98. The van der Waals surface area contributed by atoms with E-state index < -0.39 is 0 Å². The van der Waals surface area contributed by atoms with Gasteiger partial charge in [0.1, 0.15) is 5.01 Å². The van der Waals surface area contributed by atoms with Crippen molar-refractivity contribution < 1.29 is 0 Å². The number of rotatable bonds is 3. The second-order valence-corrected chi connectivity index (χ2v) is 7.65. The van der Waals surface area contributed by atoms with Gasteiger partial charge in [0.25, 0.3) is 5.56 Å². The third-order valence-corrected chi connectivity index (χ3v) is 5.47. The Morgan fingerprint density at radius 1 is 1.38 bits per heavy atom. The third kappa shape index (κ3) is 3.92. The lowest BCUT2D eigenvalue weighted by Crippen LogP contribution is -2.45. The van der Waals surface area contributed by atoms with Crippen molar-refractivity contribution in [3.8, 4) is 0 Å². The van der Waals surface area contributed by atoms with E-state index in [-0.39, 0.29) is 24.0 Å². The molecule has 1 N–H and O–H groups in total. The molecule has 1 atom stereocenters. The molecule has 3 heterocycles. The molecule has 2 aromatic heterocycles. The molecule has 138 valence electrons. The van der Waals surface area contributed by atoms with E-state index >= 15 is 0 Å². The van der Waals surface area contributed by atoms with E-state index in [1.807, 2.05) is 25.1 Å². The van der Waals surface area contributed by atoms with E-state index in [2.05, 4.69) is 26.4 Å². The summed E-state index contributed by atoms with van der Waals surface area (Å²) >= 11 is 7.63. The van der Waals surface area contributed by atoms with Gasteiger partial charge in [-0.05, 0) is 24.6 Å². The fourth-order valence-corrected chi connectivity index (χ4v) is 4.35. The summed E-state index contributed by atoms with van der Waals surface area (Å²) in [5.74, 6) is 0. The van der Waals surface area contributed by atoms with E-state index in [4.69, 9.17) is 11.6 Å². The Labute approximate surface area is 166 Å². The lowest BCUT2D eigenvalue weighted by Gasteiger charge is -2.35. The standard InChI is InChI=1S/C17H18ClN5OS.ClH/c1-11-7-16(24)23-17(20-11)25-15(21-23)10-22-6-5-19-9-14(22)12-3-2-4-13(18)8-12;/h2-4,7-8,14,19H,5-6,9-10H2,1H3;1H. The maximum atomic E-state index is 12.1. The van der Waals surface area contributed by atoms with Crippen LogP contribution in [0, 0.1) is 6.92 Å². The van der Waals surface area contributed by atoms with E-state index in [0.29, 0.717) is 11.5 Å². The normalized spacial score (nSPS) is 18.0. The van der Waals surface area contributed by atoms with Gasteiger partial charge in [-0.2, -0.15) is 9.61 Å². The quantitative estimate of drug-likeness (QED) is 0.717. The Morgan fingerprint density at radius 3 is 3.04 bits per heavy atom. The van der Waals surface area contributed by atoms with Crippen molar-refractivity contribution in [2.75, 3.05) is 19.6 Å². The van der Waals surface area contributed by atoms with Crippen LogP contribution in [0.4, 0.5) is 0 Å². The molecule has 4 rings (SSSR count). The van der Waals surface area contributed by atoms with Crippen LogP contribution in [0.25, 0.3) is 4.96 Å². The number of benzene rings is 1. The fraction of sp³-hybridized carbons (Fsp3) is 0.353. The minimum Gasteiger partial charge on any atom is -0.314 e. The first-order valence-corrected chi connectivity index (χ1v) is 9.36. The molecular formula is C17H19Cl2N5OS. The molecule has 9 heteroatoms. The Morgan fingerprint density at radius 2 is 2.23 bits per heavy atom. The van der Waals surface area contributed by atoms with Gasteiger partial charge >= 0.3 is 0 Å². The molecule has 0 aliphatic carbocycles. The summed E-state index contributed by atoms with van der Waals surface area (Å²) in [6, 6.07) is 9.72. The zero-order valence-electron chi connectivity index (χ0n) is 14.2. The molecule has 6 nitrogen and oxygen atoms in total. The van der Waals surface area contributed by atoms with Gasteiger partial charge in [0.2, 0.25) is 4.96 Å². The van der Waals surface area contributed by atoms with Crippen LogP contribution in [-0.2, 0) is 6.54 Å². The van der Waals surface area contributed by atoms with Crippen molar-refractivity contribution in [2.24, 2.45) is 0 Å². The van der Waals surface area contributed by atoms with Crippen molar-refractivity contribution >= 4 is 40.3 Å². The summed E-state index contributed by atoms with van der Waals surface area (Å²) in [6.45, 7) is 5.22. The van der Waals surface area contributed by atoms with Crippen molar-refractivity contribution in [1.82, 2.24) is 24.8 Å². The summed E-state index contributed by atoms with van der Waals surface area (Å²) in [7, 11) is 0. The van der Waals surface area contributed by atoms with Crippen molar-refractivity contribution in [3.05, 3.63) is 62.0 Å². The van der Waals surface area contributed by atoms with Crippen LogP contribution in [-0.4, -0.2) is 39.1 Å². The highest BCUT2D eigenvalue weighted by Crippen LogP contribution is 2.27. The first-order chi connectivity index (χ1) is 12.1. The molecule has 26 heavy (non-hydrogen) atoms. The minimum atomic E-state index is -0.128. The number of hydrogen-bond donors (Lipinski definition) is 1. The SMILES string of the molecule is Cc1cc(=O)n2nc(CN3CCNCC3c3cccc(Cl)c3)sc2n1.Cl. The van der Waals surface area contributed by atoms with Crippen LogP contribution in [0.15, 0.2) is 35.1 Å². The third-order valence-electron chi connectivity index (χ3n) is 4.34. The highest BCUT2D eigenvalue weighted by molar-refractivity contribution is 7.16. The second-order valence-electron chi connectivity index (χ2n) is 6.17. The van der Waals surface area contributed by atoms with Crippen LogP contribution in [0.1, 0.15) is 22.3 Å². The topological polar surface area (TPSA) is 62.5 Å². The molecule has 0 saturated carbocycles. The number of piperazine rings is 1. The zero-order valence-corrected chi connectivity index (χ0v) is 16.6. The Hall–Kier alpha value is -1.51. The van der Waals surface area contributed by atoms with Crippen LogP contribution < -0.4 is 10.9 Å². The molecule has 1 fully saturated rings. The Kier molecular flexibility index (Phi) is 5.94. The molecule has 3 aromatic rings. The number of nitrogens with one attached hydrogen (secondary N) is 1. The molecule has 0 amide bonds. The lowest BCUT2D eigenvalue weighted by molar-refractivity contribution is 0.153. The van der Waals surface area contributed by atoms with Gasteiger partial charge in [0, 0.05) is 42.5 Å². The summed E-state index contributed by atoms with van der Waals surface area (Å²) in [6.07, 6.45) is 0. The molecule has 1 aliphatic rings. The van der Waals surface area contributed by atoms with E-state index in [0.717, 1.165) is 35.4 Å². The first kappa shape index (κ1) is 19.3. The molecule has 1 unspecified atom stereocenters. The molecule has 1 aromatic carbocycles. The smallest absolute Gasteiger partial charge is 0.275 e. The Balaban J connectivity index is 0.00000196. The summed E-state index contributed by atoms with van der Waals surface area (Å²) in [5, 5.41) is 9.54. The predicted molar refractivity (Wildman–Crippen MR) is 107 cm³/mol. The largest absolute Gasteiger partial charge is 0.314 e. The van der Waals surface area contributed by atoms with Crippen molar-refractivity contribution in [3.63, 3.8) is 0 Å². The van der Waals surface area contributed by atoms with Crippen LogP contribution >= 0.6 is 35.3 Å². The van der Waals surface area contributed by atoms with Crippen molar-refractivity contribution in [1.29, 1.82) is 0 Å². The minimum absolute atomic E-state index is 0. The summed E-state index contributed by atoms with van der Waals surface area (Å²) in [4.78, 5) is 19.5. The van der Waals surface area contributed by atoms with E-state index in [1.54, 1.807) is 0 Å². The van der Waals surface area contributed by atoms with Crippen LogP contribution in [0.3, 0.4) is 0 Å². The maximum Gasteiger partial charge on any atom is 0.275 e. The number of fused-ring (bicyclic) bond motifs is 1. The molecule has 0 bridgehead atoms. The zero-order chi connectivity index (χ0) is 17.4. The maximum absolute atomic E-state index is 12.1. The van der Waals surface area contributed by atoms with E-state index in [9.17, 15) is 4.79 Å². The van der Waals surface area contributed by atoms with Gasteiger partial charge in [-0.3, -0.25) is 9.69 Å².